The number of aliphatic imine (C=N–C) groups is 1. The molecule has 0 aromatic rings. The molecule has 0 aromatic heterocycles. The molecule has 1 amide bonds. The van der Waals surface area contributed by atoms with Gasteiger partial charge in [0.15, 0.2) is 5.17 Å². The minimum Gasteiger partial charge on any atom is -0.448 e. The Morgan fingerprint density at radius 1 is 1.73 bits per heavy atom. The summed E-state index contributed by atoms with van der Waals surface area (Å²) >= 11 is 1.70. The van der Waals surface area contributed by atoms with E-state index in [4.69, 9.17) is 5.73 Å². The van der Waals surface area contributed by atoms with Gasteiger partial charge in [0.2, 0.25) is 0 Å². The predicted molar refractivity (Wildman–Crippen MR) is 62.1 cm³/mol. The van der Waals surface area contributed by atoms with Crippen molar-refractivity contribution in [1.82, 2.24) is 5.32 Å². The summed E-state index contributed by atoms with van der Waals surface area (Å²) in [5.74, 6) is 1.05. The zero-order valence-electron chi connectivity index (χ0n) is 9.08. The van der Waals surface area contributed by atoms with Gasteiger partial charge in [-0.3, -0.25) is 4.99 Å². The lowest BCUT2D eigenvalue weighted by Gasteiger charge is -2.27. The van der Waals surface area contributed by atoms with Crippen molar-refractivity contribution in [2.45, 2.75) is 13.8 Å². The first-order valence-electron chi connectivity index (χ1n) is 4.83. The summed E-state index contributed by atoms with van der Waals surface area (Å²) in [6.07, 6.45) is -0.740. The SMILES string of the molecule is CC1(C)CN=C(NCCOC(N)=O)SC1. The van der Waals surface area contributed by atoms with E-state index >= 15 is 0 Å². The molecule has 0 unspecified atom stereocenters. The Bertz CT molecular complexity index is 266. The molecule has 1 aliphatic heterocycles. The molecular weight excluding hydrogens is 214 g/mol. The summed E-state index contributed by atoms with van der Waals surface area (Å²) in [5.41, 5.74) is 5.10. The summed E-state index contributed by atoms with van der Waals surface area (Å²) < 4.78 is 4.59. The van der Waals surface area contributed by atoms with Gasteiger partial charge in [0.25, 0.3) is 0 Å². The molecule has 1 aliphatic rings. The van der Waals surface area contributed by atoms with E-state index in [1.54, 1.807) is 11.8 Å². The van der Waals surface area contributed by atoms with Crippen molar-refractivity contribution >= 4 is 23.0 Å². The summed E-state index contributed by atoms with van der Waals surface area (Å²) in [4.78, 5) is 14.7. The van der Waals surface area contributed by atoms with Gasteiger partial charge in [-0.25, -0.2) is 4.79 Å². The van der Waals surface area contributed by atoms with Crippen LogP contribution in [-0.2, 0) is 4.74 Å². The molecule has 0 atom stereocenters. The quantitative estimate of drug-likeness (QED) is 0.704. The molecule has 0 fully saturated rings. The van der Waals surface area contributed by atoms with Gasteiger partial charge >= 0.3 is 6.09 Å². The Hall–Kier alpha value is -0.910. The Labute approximate surface area is 93.8 Å². The molecule has 0 aromatic carbocycles. The smallest absolute Gasteiger partial charge is 0.404 e. The number of amides is 1. The maximum absolute atomic E-state index is 10.3. The van der Waals surface area contributed by atoms with Crippen molar-refractivity contribution < 1.29 is 9.53 Å². The van der Waals surface area contributed by atoms with Gasteiger partial charge in [-0.05, 0) is 5.41 Å². The summed E-state index contributed by atoms with van der Waals surface area (Å²) in [7, 11) is 0. The second kappa shape index (κ2) is 5.25. The van der Waals surface area contributed by atoms with Crippen LogP contribution in [0.4, 0.5) is 4.79 Å². The van der Waals surface area contributed by atoms with Gasteiger partial charge in [-0.15, -0.1) is 0 Å². The first-order valence-corrected chi connectivity index (χ1v) is 5.81. The highest BCUT2D eigenvalue weighted by molar-refractivity contribution is 8.13. The Balaban J connectivity index is 2.18. The van der Waals surface area contributed by atoms with Crippen molar-refractivity contribution in [3.05, 3.63) is 0 Å². The van der Waals surface area contributed by atoms with Crippen LogP contribution < -0.4 is 11.1 Å². The van der Waals surface area contributed by atoms with Crippen LogP contribution in [0.3, 0.4) is 0 Å². The van der Waals surface area contributed by atoms with E-state index in [1.807, 2.05) is 0 Å². The van der Waals surface area contributed by atoms with Crippen molar-refractivity contribution in [1.29, 1.82) is 0 Å². The first kappa shape index (κ1) is 12.2. The highest BCUT2D eigenvalue weighted by Gasteiger charge is 2.22. The number of rotatable bonds is 3. The number of hydrogen-bond donors (Lipinski definition) is 2. The minimum atomic E-state index is -0.740. The van der Waals surface area contributed by atoms with Gasteiger partial charge in [0.05, 0.1) is 6.54 Å². The number of primary amides is 1. The van der Waals surface area contributed by atoms with Crippen LogP contribution in [0.1, 0.15) is 13.8 Å². The number of nitrogens with zero attached hydrogens (tertiary/aromatic N) is 1. The van der Waals surface area contributed by atoms with E-state index in [2.05, 4.69) is 28.9 Å². The molecule has 1 rings (SSSR count). The van der Waals surface area contributed by atoms with Crippen molar-refractivity contribution in [2.75, 3.05) is 25.4 Å². The fourth-order valence-corrected chi connectivity index (χ4v) is 2.04. The van der Waals surface area contributed by atoms with Gasteiger partial charge < -0.3 is 15.8 Å². The highest BCUT2D eigenvalue weighted by Crippen LogP contribution is 2.26. The topological polar surface area (TPSA) is 76.7 Å². The third-order valence-electron chi connectivity index (χ3n) is 1.87. The molecule has 0 radical (unpaired) electrons. The lowest BCUT2D eigenvalue weighted by Crippen LogP contribution is -2.33. The zero-order valence-corrected chi connectivity index (χ0v) is 9.89. The van der Waals surface area contributed by atoms with Crippen LogP contribution in [0, 0.1) is 5.41 Å². The summed E-state index contributed by atoms with van der Waals surface area (Å²) in [6, 6.07) is 0. The summed E-state index contributed by atoms with van der Waals surface area (Å²) in [5, 5.41) is 4.01. The molecule has 0 saturated heterocycles. The number of carbonyl (C=O) groups excluding carboxylic acids is 1. The Morgan fingerprint density at radius 3 is 3.00 bits per heavy atom. The Kier molecular flexibility index (Phi) is 4.26. The molecule has 6 heteroatoms. The number of nitrogens with two attached hydrogens (primary N) is 1. The van der Waals surface area contributed by atoms with Crippen LogP contribution in [0.5, 0.6) is 0 Å². The molecule has 5 nitrogen and oxygen atoms in total. The summed E-state index contributed by atoms with van der Waals surface area (Å²) in [6.45, 7) is 6.04. The fourth-order valence-electron chi connectivity index (χ4n) is 1.06. The minimum absolute atomic E-state index is 0.276. The third kappa shape index (κ3) is 4.92. The average molecular weight is 231 g/mol. The molecule has 86 valence electrons. The van der Waals surface area contributed by atoms with Gasteiger partial charge in [0, 0.05) is 12.3 Å². The second-order valence-corrected chi connectivity index (χ2v) is 5.13. The number of amidine groups is 1. The molecule has 0 aliphatic carbocycles. The lowest BCUT2D eigenvalue weighted by atomic mass is 9.97. The van der Waals surface area contributed by atoms with Gasteiger partial charge in [-0.2, -0.15) is 0 Å². The van der Waals surface area contributed by atoms with Crippen molar-refractivity contribution in [2.24, 2.45) is 16.1 Å². The third-order valence-corrected chi connectivity index (χ3v) is 3.35. The van der Waals surface area contributed by atoms with Crippen LogP contribution >= 0.6 is 11.8 Å². The second-order valence-electron chi connectivity index (χ2n) is 4.17. The molecular formula is C9H17N3O2S. The highest BCUT2D eigenvalue weighted by atomic mass is 32.2. The molecule has 0 bridgehead atoms. The van der Waals surface area contributed by atoms with E-state index in [9.17, 15) is 4.79 Å². The number of ether oxygens (including phenoxy) is 1. The van der Waals surface area contributed by atoms with Crippen molar-refractivity contribution in [3.8, 4) is 0 Å². The molecule has 1 heterocycles. The number of thioether (sulfide) groups is 1. The maximum atomic E-state index is 10.3. The maximum Gasteiger partial charge on any atom is 0.404 e. The molecule has 15 heavy (non-hydrogen) atoms. The van der Waals surface area contributed by atoms with E-state index in [0.717, 1.165) is 17.5 Å². The van der Waals surface area contributed by atoms with Gasteiger partial charge in [0.1, 0.15) is 6.61 Å². The van der Waals surface area contributed by atoms with E-state index < -0.39 is 6.09 Å². The number of nitrogens with one attached hydrogen (secondary N) is 1. The molecule has 0 spiro atoms. The number of carbonyl (C=O) groups is 1. The van der Waals surface area contributed by atoms with E-state index in [1.165, 1.54) is 0 Å². The number of hydrogen-bond acceptors (Lipinski definition) is 5. The first-order chi connectivity index (χ1) is 6.99. The van der Waals surface area contributed by atoms with Gasteiger partial charge in [-0.1, -0.05) is 25.6 Å². The predicted octanol–water partition coefficient (Wildman–Crippen LogP) is 0.800. The fraction of sp³-hybridized carbons (Fsp3) is 0.778. The molecule has 3 N–H and O–H groups in total. The molecule has 0 saturated carbocycles. The lowest BCUT2D eigenvalue weighted by molar-refractivity contribution is 0.159. The Morgan fingerprint density at radius 2 is 2.47 bits per heavy atom. The van der Waals surface area contributed by atoms with E-state index in [-0.39, 0.29) is 12.0 Å². The van der Waals surface area contributed by atoms with Crippen LogP contribution in [-0.4, -0.2) is 36.7 Å². The normalized spacial score (nSPS) is 19.2. The van der Waals surface area contributed by atoms with Crippen LogP contribution in [0.15, 0.2) is 4.99 Å². The van der Waals surface area contributed by atoms with Crippen molar-refractivity contribution in [3.63, 3.8) is 0 Å². The largest absolute Gasteiger partial charge is 0.448 e. The standard InChI is InChI=1S/C9H17N3O2S/c1-9(2)5-12-8(15-6-9)11-3-4-14-7(10)13/h3-6H2,1-2H3,(H2,10,13)(H,11,12). The monoisotopic (exact) mass is 231 g/mol. The van der Waals surface area contributed by atoms with Crippen LogP contribution in [0.2, 0.25) is 0 Å². The zero-order chi connectivity index (χ0) is 11.3. The average Bonchev–Trinajstić information content (AvgIpc) is 2.14. The van der Waals surface area contributed by atoms with Crippen LogP contribution in [0.25, 0.3) is 0 Å². The van der Waals surface area contributed by atoms with E-state index in [0.29, 0.717) is 6.54 Å².